The molecule has 1 aliphatic carbocycles. The number of ether oxygens (including phenoxy) is 2. The molecular formula is C12H24O2. The Kier molecular flexibility index (Phi) is 5.49. The van der Waals surface area contributed by atoms with Gasteiger partial charge in [-0.1, -0.05) is 13.8 Å². The third kappa shape index (κ3) is 3.97. The van der Waals surface area contributed by atoms with Gasteiger partial charge in [0.25, 0.3) is 0 Å². The van der Waals surface area contributed by atoms with Crippen molar-refractivity contribution in [1.82, 2.24) is 0 Å². The molecule has 2 heteroatoms. The first-order valence-electron chi connectivity index (χ1n) is 5.84. The monoisotopic (exact) mass is 200 g/mol. The molecule has 0 saturated heterocycles. The first-order chi connectivity index (χ1) is 6.74. The Labute approximate surface area is 88.0 Å². The quantitative estimate of drug-likeness (QED) is 0.635. The molecule has 0 aliphatic heterocycles. The van der Waals surface area contributed by atoms with E-state index in [1.807, 2.05) is 0 Å². The molecule has 0 N–H and O–H groups in total. The lowest BCUT2D eigenvalue weighted by Gasteiger charge is -2.30. The van der Waals surface area contributed by atoms with Crippen LogP contribution >= 0.6 is 0 Å². The summed E-state index contributed by atoms with van der Waals surface area (Å²) in [5.74, 6) is 1.77. The predicted molar refractivity (Wildman–Crippen MR) is 58.4 cm³/mol. The van der Waals surface area contributed by atoms with Crippen LogP contribution in [-0.4, -0.2) is 26.4 Å². The van der Waals surface area contributed by atoms with Crippen molar-refractivity contribution in [2.45, 2.75) is 45.6 Å². The van der Waals surface area contributed by atoms with E-state index in [1.165, 1.54) is 25.7 Å². The van der Waals surface area contributed by atoms with E-state index in [2.05, 4.69) is 13.8 Å². The zero-order valence-corrected chi connectivity index (χ0v) is 9.79. The van der Waals surface area contributed by atoms with Crippen LogP contribution in [-0.2, 0) is 9.47 Å². The molecule has 0 aromatic heterocycles. The van der Waals surface area contributed by atoms with Gasteiger partial charge >= 0.3 is 0 Å². The normalized spacial score (nSPS) is 28.3. The molecule has 0 radical (unpaired) electrons. The molecule has 0 spiro atoms. The lowest BCUT2D eigenvalue weighted by molar-refractivity contribution is -0.0109. The fraction of sp³-hybridized carbons (Fsp3) is 1.00. The van der Waals surface area contributed by atoms with Crippen LogP contribution in [0.2, 0.25) is 0 Å². The minimum absolute atomic E-state index is 0.500. The standard InChI is InChI=1S/C12H24O2/c1-10(2)11-4-6-12(7-5-11)14-9-8-13-3/h10-12H,4-9H2,1-3H3/t11-,12-. The summed E-state index contributed by atoms with van der Waals surface area (Å²) in [5.41, 5.74) is 0. The maximum atomic E-state index is 5.73. The minimum Gasteiger partial charge on any atom is -0.382 e. The summed E-state index contributed by atoms with van der Waals surface area (Å²) in [6.45, 7) is 6.14. The summed E-state index contributed by atoms with van der Waals surface area (Å²) < 4.78 is 10.7. The van der Waals surface area contributed by atoms with Crippen molar-refractivity contribution in [3.05, 3.63) is 0 Å². The molecule has 14 heavy (non-hydrogen) atoms. The molecule has 1 aliphatic rings. The second kappa shape index (κ2) is 6.41. The number of hydrogen-bond donors (Lipinski definition) is 0. The molecular weight excluding hydrogens is 176 g/mol. The second-order valence-corrected chi connectivity index (χ2v) is 4.64. The first-order valence-corrected chi connectivity index (χ1v) is 5.84. The molecule has 84 valence electrons. The molecule has 0 atom stereocenters. The van der Waals surface area contributed by atoms with Crippen LogP contribution in [0.15, 0.2) is 0 Å². The summed E-state index contributed by atoms with van der Waals surface area (Å²) in [6, 6.07) is 0. The van der Waals surface area contributed by atoms with E-state index in [-0.39, 0.29) is 0 Å². The van der Waals surface area contributed by atoms with Gasteiger partial charge in [0.15, 0.2) is 0 Å². The lowest BCUT2D eigenvalue weighted by Crippen LogP contribution is -2.25. The fourth-order valence-electron chi connectivity index (χ4n) is 2.22. The van der Waals surface area contributed by atoms with Crippen LogP contribution in [0.1, 0.15) is 39.5 Å². The van der Waals surface area contributed by atoms with E-state index in [1.54, 1.807) is 7.11 Å². The molecule has 0 heterocycles. The van der Waals surface area contributed by atoms with Crippen LogP contribution in [0.5, 0.6) is 0 Å². The molecule has 1 saturated carbocycles. The topological polar surface area (TPSA) is 18.5 Å². The summed E-state index contributed by atoms with van der Waals surface area (Å²) in [7, 11) is 1.72. The van der Waals surface area contributed by atoms with Gasteiger partial charge in [0.05, 0.1) is 19.3 Å². The van der Waals surface area contributed by atoms with Crippen molar-refractivity contribution < 1.29 is 9.47 Å². The highest BCUT2D eigenvalue weighted by molar-refractivity contribution is 4.74. The Balaban J connectivity index is 2.09. The van der Waals surface area contributed by atoms with Crippen molar-refractivity contribution in [3.8, 4) is 0 Å². The van der Waals surface area contributed by atoms with Gasteiger partial charge in [-0.25, -0.2) is 0 Å². The SMILES string of the molecule is COCCO[C@H]1CC[C@H](C(C)C)CC1. The van der Waals surface area contributed by atoms with Crippen molar-refractivity contribution >= 4 is 0 Å². The zero-order valence-electron chi connectivity index (χ0n) is 9.79. The number of rotatable bonds is 5. The van der Waals surface area contributed by atoms with E-state index in [0.717, 1.165) is 25.0 Å². The summed E-state index contributed by atoms with van der Waals surface area (Å²) in [5, 5.41) is 0. The highest BCUT2D eigenvalue weighted by Gasteiger charge is 2.23. The van der Waals surface area contributed by atoms with Gasteiger partial charge in [-0.3, -0.25) is 0 Å². The summed E-state index contributed by atoms with van der Waals surface area (Å²) in [6.07, 6.45) is 5.67. The van der Waals surface area contributed by atoms with E-state index in [0.29, 0.717) is 6.10 Å². The van der Waals surface area contributed by atoms with Gasteiger partial charge in [0, 0.05) is 7.11 Å². The van der Waals surface area contributed by atoms with Crippen molar-refractivity contribution in [3.63, 3.8) is 0 Å². The molecule has 0 amide bonds. The summed E-state index contributed by atoms with van der Waals surface area (Å²) >= 11 is 0. The minimum atomic E-state index is 0.500. The molecule has 0 aromatic carbocycles. The van der Waals surface area contributed by atoms with Crippen molar-refractivity contribution in [2.75, 3.05) is 20.3 Å². The molecule has 0 unspecified atom stereocenters. The maximum absolute atomic E-state index is 5.73. The summed E-state index contributed by atoms with van der Waals surface area (Å²) in [4.78, 5) is 0. The fourth-order valence-corrected chi connectivity index (χ4v) is 2.22. The molecule has 2 nitrogen and oxygen atoms in total. The Morgan fingerprint density at radius 1 is 1.07 bits per heavy atom. The van der Waals surface area contributed by atoms with Crippen molar-refractivity contribution in [1.29, 1.82) is 0 Å². The van der Waals surface area contributed by atoms with E-state index in [4.69, 9.17) is 9.47 Å². The third-order valence-electron chi connectivity index (χ3n) is 3.30. The maximum Gasteiger partial charge on any atom is 0.0704 e. The van der Waals surface area contributed by atoms with Gasteiger partial charge in [-0.05, 0) is 37.5 Å². The lowest BCUT2D eigenvalue weighted by atomic mass is 9.80. The van der Waals surface area contributed by atoms with E-state index >= 15 is 0 Å². The van der Waals surface area contributed by atoms with Gasteiger partial charge < -0.3 is 9.47 Å². The van der Waals surface area contributed by atoms with Gasteiger partial charge in [-0.2, -0.15) is 0 Å². The first kappa shape index (κ1) is 12.0. The zero-order chi connectivity index (χ0) is 10.4. The Hall–Kier alpha value is -0.0800. The molecule has 1 rings (SSSR count). The van der Waals surface area contributed by atoms with E-state index in [9.17, 15) is 0 Å². The number of hydrogen-bond acceptors (Lipinski definition) is 2. The Morgan fingerprint density at radius 3 is 2.21 bits per heavy atom. The van der Waals surface area contributed by atoms with Gasteiger partial charge in [0.1, 0.15) is 0 Å². The molecule has 1 fully saturated rings. The van der Waals surface area contributed by atoms with E-state index < -0.39 is 0 Å². The van der Waals surface area contributed by atoms with Crippen LogP contribution in [0.25, 0.3) is 0 Å². The Bertz CT molecular complexity index is 137. The predicted octanol–water partition coefficient (Wildman–Crippen LogP) is 2.86. The van der Waals surface area contributed by atoms with Crippen LogP contribution in [0.4, 0.5) is 0 Å². The highest BCUT2D eigenvalue weighted by atomic mass is 16.5. The molecule has 0 aromatic rings. The highest BCUT2D eigenvalue weighted by Crippen LogP contribution is 2.31. The largest absolute Gasteiger partial charge is 0.382 e. The van der Waals surface area contributed by atoms with Crippen LogP contribution in [0, 0.1) is 11.8 Å². The third-order valence-corrected chi connectivity index (χ3v) is 3.30. The van der Waals surface area contributed by atoms with Gasteiger partial charge in [0.2, 0.25) is 0 Å². The second-order valence-electron chi connectivity index (χ2n) is 4.64. The molecule has 0 bridgehead atoms. The number of methoxy groups -OCH3 is 1. The van der Waals surface area contributed by atoms with Gasteiger partial charge in [-0.15, -0.1) is 0 Å². The Morgan fingerprint density at radius 2 is 1.71 bits per heavy atom. The van der Waals surface area contributed by atoms with Crippen LogP contribution in [0.3, 0.4) is 0 Å². The average Bonchev–Trinajstić information content (AvgIpc) is 2.19. The van der Waals surface area contributed by atoms with Crippen LogP contribution < -0.4 is 0 Å². The average molecular weight is 200 g/mol. The smallest absolute Gasteiger partial charge is 0.0704 e. The van der Waals surface area contributed by atoms with Crippen molar-refractivity contribution in [2.24, 2.45) is 11.8 Å².